The van der Waals surface area contributed by atoms with E-state index in [1.54, 1.807) is 6.07 Å². The number of hydrogen-bond donors (Lipinski definition) is 2. The lowest BCUT2D eigenvalue weighted by atomic mass is 10.1. The Bertz CT molecular complexity index is 347. The number of nitrogens with one attached hydrogen (secondary N) is 1. The molecule has 1 aromatic rings. The van der Waals surface area contributed by atoms with Gasteiger partial charge in [0.1, 0.15) is 5.82 Å². The fourth-order valence-corrected chi connectivity index (χ4v) is 1.34. The third-order valence-electron chi connectivity index (χ3n) is 1.90. The van der Waals surface area contributed by atoms with Crippen molar-refractivity contribution in [3.05, 3.63) is 29.6 Å². The van der Waals surface area contributed by atoms with Crippen molar-refractivity contribution in [3.63, 3.8) is 0 Å². The molecule has 0 saturated heterocycles. The molecule has 0 aliphatic heterocycles. The smallest absolute Gasteiger partial charge is 0.123 e. The van der Waals surface area contributed by atoms with Crippen LogP contribution in [0.3, 0.4) is 0 Å². The van der Waals surface area contributed by atoms with Crippen LogP contribution < -0.4 is 10.6 Å². The van der Waals surface area contributed by atoms with E-state index in [9.17, 15) is 4.39 Å². The molecule has 76 valence electrons. The highest BCUT2D eigenvalue weighted by Crippen LogP contribution is 2.19. The van der Waals surface area contributed by atoms with Gasteiger partial charge in [0.25, 0.3) is 0 Å². The number of hydrogen-bond acceptors (Lipinski definition) is 2. The number of halogens is 1. The lowest BCUT2D eigenvalue weighted by Crippen LogP contribution is -2.17. The molecule has 0 bridgehead atoms. The van der Waals surface area contributed by atoms with Crippen LogP contribution in [0.25, 0.3) is 0 Å². The molecule has 4 heteroatoms. The Morgan fingerprint density at radius 2 is 2.14 bits per heavy atom. The largest absolute Gasteiger partial charge is 0.387 e. The minimum absolute atomic E-state index is 0.0405. The first-order chi connectivity index (χ1) is 6.50. The van der Waals surface area contributed by atoms with Crippen molar-refractivity contribution in [2.75, 3.05) is 19.0 Å². The van der Waals surface area contributed by atoms with Crippen molar-refractivity contribution in [2.24, 2.45) is 5.73 Å². The third-order valence-corrected chi connectivity index (χ3v) is 1.90. The van der Waals surface area contributed by atoms with Crippen LogP contribution in [0.2, 0.25) is 0 Å². The summed E-state index contributed by atoms with van der Waals surface area (Å²) in [7, 11) is 3.74. The fourth-order valence-electron chi connectivity index (χ4n) is 1.34. The topological polar surface area (TPSA) is 53.1 Å². The first-order valence-corrected chi connectivity index (χ1v) is 4.29. The predicted molar refractivity (Wildman–Crippen MR) is 56.3 cm³/mol. The second-order valence-corrected chi connectivity index (χ2v) is 3.37. The minimum Gasteiger partial charge on any atom is -0.387 e. The Balaban J connectivity index is 3.09. The van der Waals surface area contributed by atoms with Crippen molar-refractivity contribution < 1.29 is 4.39 Å². The highest BCUT2D eigenvalue weighted by atomic mass is 19.1. The molecule has 0 aliphatic rings. The summed E-state index contributed by atoms with van der Waals surface area (Å²) in [4.78, 5) is 1.87. The Labute approximate surface area is 82.8 Å². The average molecular weight is 195 g/mol. The van der Waals surface area contributed by atoms with Crippen LogP contribution in [-0.4, -0.2) is 19.9 Å². The minimum atomic E-state index is -0.299. The molecule has 1 rings (SSSR count). The molecule has 0 saturated carbocycles. The lowest BCUT2D eigenvalue weighted by Gasteiger charge is -2.17. The molecule has 14 heavy (non-hydrogen) atoms. The maximum absolute atomic E-state index is 12.9. The van der Waals surface area contributed by atoms with Gasteiger partial charge in [0, 0.05) is 26.2 Å². The fraction of sp³-hybridized carbons (Fsp3) is 0.300. The van der Waals surface area contributed by atoms with Crippen molar-refractivity contribution in [1.82, 2.24) is 0 Å². The normalized spacial score (nSPS) is 9.93. The van der Waals surface area contributed by atoms with Crippen LogP contribution in [-0.2, 0) is 6.42 Å². The molecule has 0 unspecified atom stereocenters. The van der Waals surface area contributed by atoms with Gasteiger partial charge in [-0.15, -0.1) is 0 Å². The number of benzene rings is 1. The lowest BCUT2D eigenvalue weighted by molar-refractivity contribution is 0.626. The van der Waals surface area contributed by atoms with Gasteiger partial charge in [-0.1, -0.05) is 0 Å². The van der Waals surface area contributed by atoms with Crippen LogP contribution >= 0.6 is 0 Å². The van der Waals surface area contributed by atoms with Crippen LogP contribution in [0, 0.1) is 11.2 Å². The Hall–Kier alpha value is -1.58. The number of nitrogens with zero attached hydrogens (tertiary/aromatic N) is 1. The number of anilines is 1. The summed E-state index contributed by atoms with van der Waals surface area (Å²) < 4.78 is 12.9. The van der Waals surface area contributed by atoms with E-state index in [0.29, 0.717) is 0 Å². The number of amidine groups is 1. The highest BCUT2D eigenvalue weighted by molar-refractivity contribution is 5.81. The van der Waals surface area contributed by atoms with Crippen LogP contribution in [0.1, 0.15) is 5.56 Å². The van der Waals surface area contributed by atoms with E-state index in [4.69, 9.17) is 11.1 Å². The second-order valence-electron chi connectivity index (χ2n) is 3.37. The first kappa shape index (κ1) is 10.5. The summed E-state index contributed by atoms with van der Waals surface area (Å²) in [6.07, 6.45) is 0.283. The molecule has 0 aromatic heterocycles. The van der Waals surface area contributed by atoms with Gasteiger partial charge in [0.05, 0.1) is 5.84 Å². The van der Waals surface area contributed by atoms with E-state index in [2.05, 4.69) is 0 Å². The van der Waals surface area contributed by atoms with Gasteiger partial charge in [-0.25, -0.2) is 4.39 Å². The van der Waals surface area contributed by atoms with E-state index in [1.807, 2.05) is 19.0 Å². The zero-order valence-corrected chi connectivity index (χ0v) is 8.34. The van der Waals surface area contributed by atoms with Gasteiger partial charge in [-0.3, -0.25) is 5.41 Å². The van der Waals surface area contributed by atoms with Gasteiger partial charge in [-0.2, -0.15) is 0 Å². The van der Waals surface area contributed by atoms with Crippen LogP contribution in [0.15, 0.2) is 18.2 Å². The maximum Gasteiger partial charge on any atom is 0.123 e. The summed E-state index contributed by atoms with van der Waals surface area (Å²) in [5.74, 6) is -0.259. The summed E-state index contributed by atoms with van der Waals surface area (Å²) in [5, 5.41) is 7.18. The second kappa shape index (κ2) is 4.09. The maximum atomic E-state index is 12.9. The van der Waals surface area contributed by atoms with Crippen molar-refractivity contribution in [1.29, 1.82) is 5.41 Å². The average Bonchev–Trinajstić information content (AvgIpc) is 2.01. The zero-order chi connectivity index (χ0) is 10.7. The van der Waals surface area contributed by atoms with Crippen LogP contribution in [0.5, 0.6) is 0 Å². The van der Waals surface area contributed by atoms with Crippen molar-refractivity contribution >= 4 is 11.5 Å². The van der Waals surface area contributed by atoms with Crippen LogP contribution in [0.4, 0.5) is 10.1 Å². The molecule has 0 spiro atoms. The summed E-state index contributed by atoms with van der Waals surface area (Å²) in [6.45, 7) is 0. The quantitative estimate of drug-likeness (QED) is 0.565. The first-order valence-electron chi connectivity index (χ1n) is 4.29. The van der Waals surface area contributed by atoms with Gasteiger partial charge in [0.2, 0.25) is 0 Å². The molecule has 0 fully saturated rings. The van der Waals surface area contributed by atoms with Gasteiger partial charge in [0.15, 0.2) is 0 Å². The van der Waals surface area contributed by atoms with E-state index in [0.717, 1.165) is 11.3 Å². The predicted octanol–water partition coefficient (Wildman–Crippen LogP) is 1.37. The van der Waals surface area contributed by atoms with E-state index < -0.39 is 0 Å². The Morgan fingerprint density at radius 3 is 2.64 bits per heavy atom. The monoisotopic (exact) mass is 195 g/mol. The van der Waals surface area contributed by atoms with Gasteiger partial charge in [-0.05, 0) is 23.8 Å². The molecule has 3 nitrogen and oxygen atoms in total. The standard InChI is InChI=1S/C10H14FN3/c1-14(2)9-4-3-8(11)5-7(9)6-10(12)13/h3-5H,6H2,1-2H3,(H3,12,13). The summed E-state index contributed by atoms with van der Waals surface area (Å²) in [5.41, 5.74) is 6.91. The van der Waals surface area contributed by atoms with E-state index >= 15 is 0 Å². The molecular formula is C10H14FN3. The molecule has 3 N–H and O–H groups in total. The Morgan fingerprint density at radius 1 is 1.50 bits per heavy atom. The molecule has 0 aliphatic carbocycles. The van der Waals surface area contributed by atoms with Crippen molar-refractivity contribution in [2.45, 2.75) is 6.42 Å². The summed E-state index contributed by atoms with van der Waals surface area (Å²) >= 11 is 0. The molecule has 0 amide bonds. The highest BCUT2D eigenvalue weighted by Gasteiger charge is 2.06. The van der Waals surface area contributed by atoms with Gasteiger partial charge < -0.3 is 10.6 Å². The van der Waals surface area contributed by atoms with Crippen molar-refractivity contribution in [3.8, 4) is 0 Å². The summed E-state index contributed by atoms with van der Waals surface area (Å²) in [6, 6.07) is 4.50. The number of nitrogens with two attached hydrogens (primary N) is 1. The SMILES string of the molecule is CN(C)c1ccc(F)cc1CC(=N)N. The number of rotatable bonds is 3. The van der Waals surface area contributed by atoms with Gasteiger partial charge >= 0.3 is 0 Å². The molecular weight excluding hydrogens is 181 g/mol. The zero-order valence-electron chi connectivity index (χ0n) is 8.34. The third kappa shape index (κ3) is 2.45. The molecule has 0 radical (unpaired) electrons. The Kier molecular flexibility index (Phi) is 3.06. The van der Waals surface area contributed by atoms with E-state index in [1.165, 1.54) is 12.1 Å². The molecule has 0 atom stereocenters. The molecule has 1 aromatic carbocycles. The van der Waals surface area contributed by atoms with E-state index in [-0.39, 0.29) is 18.1 Å². The molecule has 0 heterocycles.